The first-order valence-electron chi connectivity index (χ1n) is 7.31. The van der Waals surface area contributed by atoms with E-state index in [1.807, 2.05) is 24.3 Å². The average Bonchev–Trinajstić information content (AvgIpc) is 2.41. The highest BCUT2D eigenvalue weighted by atomic mass is 79.9. The van der Waals surface area contributed by atoms with Crippen LogP contribution in [0, 0.1) is 5.41 Å². The van der Waals surface area contributed by atoms with Crippen LogP contribution in [0.25, 0.3) is 0 Å². The van der Waals surface area contributed by atoms with Gasteiger partial charge in [0, 0.05) is 22.4 Å². The fraction of sp³-hybridized carbons (Fsp3) is 0.625. The molecule has 2 atom stereocenters. The van der Waals surface area contributed by atoms with Crippen molar-refractivity contribution in [1.82, 2.24) is 5.32 Å². The predicted octanol–water partition coefficient (Wildman–Crippen LogP) is 4.38. The molecule has 1 aromatic carbocycles. The Bertz CT molecular complexity index is 400. The predicted molar refractivity (Wildman–Crippen MR) is 83.7 cm³/mol. The van der Waals surface area contributed by atoms with Gasteiger partial charge < -0.3 is 10.1 Å². The molecule has 2 unspecified atom stereocenters. The smallest absolute Gasteiger partial charge is 0.119 e. The van der Waals surface area contributed by atoms with Crippen molar-refractivity contribution in [3.8, 4) is 5.75 Å². The van der Waals surface area contributed by atoms with Crippen LogP contribution in [-0.4, -0.2) is 18.7 Å². The highest BCUT2D eigenvalue weighted by Crippen LogP contribution is 2.48. The van der Waals surface area contributed by atoms with Gasteiger partial charge >= 0.3 is 0 Å². The first-order valence-corrected chi connectivity index (χ1v) is 8.11. The normalized spacial score (nSPS) is 24.8. The number of ether oxygens (including phenoxy) is 1. The van der Waals surface area contributed by atoms with Crippen LogP contribution in [-0.2, 0) is 0 Å². The highest BCUT2D eigenvalue weighted by Gasteiger charge is 2.53. The molecule has 0 aromatic heterocycles. The monoisotopic (exact) mass is 325 g/mol. The molecule has 0 bridgehead atoms. The SMILES string of the molecule is CCNC1CC(Oc2ccc(Br)cc2)C1(CC)CC. The van der Waals surface area contributed by atoms with E-state index in [1.54, 1.807) is 0 Å². The summed E-state index contributed by atoms with van der Waals surface area (Å²) in [7, 11) is 0. The van der Waals surface area contributed by atoms with Gasteiger partial charge in [-0.05, 0) is 43.7 Å². The second kappa shape index (κ2) is 6.27. The van der Waals surface area contributed by atoms with Gasteiger partial charge in [0.1, 0.15) is 11.9 Å². The zero-order valence-corrected chi connectivity index (χ0v) is 13.7. The second-order valence-corrected chi connectivity index (χ2v) is 6.26. The molecule has 0 spiro atoms. The van der Waals surface area contributed by atoms with Gasteiger partial charge in [0.25, 0.3) is 0 Å². The number of hydrogen-bond donors (Lipinski definition) is 1. The summed E-state index contributed by atoms with van der Waals surface area (Å²) in [6.07, 6.45) is 3.80. The molecule has 0 amide bonds. The Balaban J connectivity index is 2.06. The summed E-state index contributed by atoms with van der Waals surface area (Å²) < 4.78 is 7.31. The van der Waals surface area contributed by atoms with Crippen LogP contribution in [0.15, 0.2) is 28.7 Å². The lowest BCUT2D eigenvalue weighted by molar-refractivity contribution is -0.0854. The fourth-order valence-corrected chi connectivity index (χ4v) is 3.59. The molecule has 0 radical (unpaired) electrons. The van der Waals surface area contributed by atoms with Crippen LogP contribution >= 0.6 is 15.9 Å². The quantitative estimate of drug-likeness (QED) is 0.837. The number of benzene rings is 1. The first-order chi connectivity index (χ1) is 9.16. The molecule has 106 valence electrons. The first kappa shape index (κ1) is 14.9. The number of rotatable bonds is 6. The van der Waals surface area contributed by atoms with E-state index in [1.165, 1.54) is 12.8 Å². The van der Waals surface area contributed by atoms with Crippen LogP contribution < -0.4 is 10.1 Å². The molecule has 1 fully saturated rings. The Morgan fingerprint density at radius 3 is 2.37 bits per heavy atom. The molecule has 1 aliphatic rings. The van der Waals surface area contributed by atoms with Crippen molar-refractivity contribution in [1.29, 1.82) is 0 Å². The molecule has 19 heavy (non-hydrogen) atoms. The van der Waals surface area contributed by atoms with E-state index in [2.05, 4.69) is 42.0 Å². The maximum Gasteiger partial charge on any atom is 0.119 e. The van der Waals surface area contributed by atoms with Crippen molar-refractivity contribution in [3.63, 3.8) is 0 Å². The largest absolute Gasteiger partial charge is 0.490 e. The Morgan fingerprint density at radius 2 is 1.84 bits per heavy atom. The molecule has 1 aliphatic carbocycles. The number of nitrogens with one attached hydrogen (secondary N) is 1. The maximum atomic E-state index is 6.22. The number of halogens is 1. The van der Waals surface area contributed by atoms with Crippen LogP contribution in [0.2, 0.25) is 0 Å². The number of hydrogen-bond acceptors (Lipinski definition) is 2. The van der Waals surface area contributed by atoms with Crippen LogP contribution in [0.5, 0.6) is 5.75 Å². The molecule has 2 rings (SSSR count). The Hall–Kier alpha value is -0.540. The molecule has 0 heterocycles. The molecule has 1 aromatic rings. The minimum absolute atomic E-state index is 0.295. The van der Waals surface area contributed by atoms with Crippen molar-refractivity contribution in [2.75, 3.05) is 6.54 Å². The van der Waals surface area contributed by atoms with Gasteiger partial charge in [0.2, 0.25) is 0 Å². The molecule has 2 nitrogen and oxygen atoms in total. The van der Waals surface area contributed by atoms with E-state index in [9.17, 15) is 0 Å². The van der Waals surface area contributed by atoms with Crippen LogP contribution in [0.1, 0.15) is 40.0 Å². The summed E-state index contributed by atoms with van der Waals surface area (Å²) >= 11 is 3.46. The Labute approximate surface area is 125 Å². The van der Waals surface area contributed by atoms with Crippen molar-refractivity contribution in [3.05, 3.63) is 28.7 Å². The van der Waals surface area contributed by atoms with Crippen molar-refractivity contribution < 1.29 is 4.74 Å². The second-order valence-electron chi connectivity index (χ2n) is 5.35. The lowest BCUT2D eigenvalue weighted by Crippen LogP contribution is -2.64. The third kappa shape index (κ3) is 2.82. The maximum absolute atomic E-state index is 6.22. The average molecular weight is 326 g/mol. The van der Waals surface area contributed by atoms with Crippen LogP contribution in [0.3, 0.4) is 0 Å². The molecular formula is C16H24BrNO. The van der Waals surface area contributed by atoms with E-state index in [4.69, 9.17) is 4.74 Å². The van der Waals surface area contributed by atoms with E-state index >= 15 is 0 Å². The van der Waals surface area contributed by atoms with E-state index < -0.39 is 0 Å². The minimum Gasteiger partial charge on any atom is -0.490 e. The summed E-state index contributed by atoms with van der Waals surface area (Å²) in [5, 5.41) is 3.61. The van der Waals surface area contributed by atoms with Gasteiger partial charge in [0.15, 0.2) is 0 Å². The molecule has 3 heteroatoms. The van der Waals surface area contributed by atoms with E-state index in [0.29, 0.717) is 17.6 Å². The highest BCUT2D eigenvalue weighted by molar-refractivity contribution is 9.10. The summed E-state index contributed by atoms with van der Waals surface area (Å²) in [5.41, 5.74) is 0.295. The molecular weight excluding hydrogens is 302 g/mol. The summed E-state index contributed by atoms with van der Waals surface area (Å²) in [5.74, 6) is 0.981. The topological polar surface area (TPSA) is 21.3 Å². The third-order valence-electron chi connectivity index (χ3n) is 4.64. The third-order valence-corrected chi connectivity index (χ3v) is 5.17. The van der Waals surface area contributed by atoms with Gasteiger partial charge in [-0.1, -0.05) is 36.7 Å². The summed E-state index contributed by atoms with van der Waals surface area (Å²) in [6.45, 7) is 7.78. The van der Waals surface area contributed by atoms with Crippen LogP contribution in [0.4, 0.5) is 0 Å². The van der Waals surface area contributed by atoms with Gasteiger partial charge in [-0.2, -0.15) is 0 Å². The summed E-state index contributed by atoms with van der Waals surface area (Å²) in [6, 6.07) is 8.76. The van der Waals surface area contributed by atoms with Gasteiger partial charge in [0.05, 0.1) is 0 Å². The summed E-state index contributed by atoms with van der Waals surface area (Å²) in [4.78, 5) is 0. The molecule has 1 N–H and O–H groups in total. The molecule has 0 aliphatic heterocycles. The van der Waals surface area contributed by atoms with Gasteiger partial charge in [-0.3, -0.25) is 0 Å². The van der Waals surface area contributed by atoms with Gasteiger partial charge in [-0.25, -0.2) is 0 Å². The zero-order valence-electron chi connectivity index (χ0n) is 12.1. The lowest BCUT2D eigenvalue weighted by Gasteiger charge is -2.55. The standard InChI is InChI=1S/C16H24BrNO/c1-4-16(5-2)14(18-6-3)11-15(16)19-13-9-7-12(17)8-10-13/h7-10,14-15,18H,4-6,11H2,1-3H3. The van der Waals surface area contributed by atoms with Crippen molar-refractivity contribution >= 4 is 15.9 Å². The molecule has 0 saturated heterocycles. The Kier molecular flexibility index (Phi) is 4.91. The van der Waals surface area contributed by atoms with Crippen molar-refractivity contribution in [2.24, 2.45) is 5.41 Å². The zero-order chi connectivity index (χ0) is 13.9. The van der Waals surface area contributed by atoms with Gasteiger partial charge in [-0.15, -0.1) is 0 Å². The Morgan fingerprint density at radius 1 is 1.21 bits per heavy atom. The van der Waals surface area contributed by atoms with E-state index in [0.717, 1.165) is 23.2 Å². The van der Waals surface area contributed by atoms with E-state index in [-0.39, 0.29) is 0 Å². The lowest BCUT2D eigenvalue weighted by atomic mass is 9.58. The minimum atomic E-state index is 0.295. The molecule has 1 saturated carbocycles. The fourth-order valence-electron chi connectivity index (χ4n) is 3.32. The van der Waals surface area contributed by atoms with Crippen molar-refractivity contribution in [2.45, 2.75) is 52.2 Å².